The van der Waals surface area contributed by atoms with Crippen LogP contribution in [0.2, 0.25) is 0 Å². The maximum absolute atomic E-state index is 13.1. The highest BCUT2D eigenvalue weighted by Gasteiger charge is 2.26. The van der Waals surface area contributed by atoms with Gasteiger partial charge in [-0.25, -0.2) is 0 Å². The van der Waals surface area contributed by atoms with E-state index in [9.17, 15) is 4.79 Å². The Morgan fingerprint density at radius 2 is 1.93 bits per heavy atom. The standard InChI is InChI=1S/C20H24N6O/c1-2-17(16-7-4-3-5-8-16)20(27)25-12-6-11-24(13-14-25)19-10-9-18-22-21-15-26(18)23-19/h3-5,7-10,15,17H,2,6,11-14H2,1H3. The molecule has 27 heavy (non-hydrogen) atoms. The molecule has 1 unspecified atom stereocenters. The number of hydrogen-bond acceptors (Lipinski definition) is 5. The lowest BCUT2D eigenvalue weighted by Crippen LogP contribution is -2.38. The molecule has 0 saturated carbocycles. The lowest BCUT2D eigenvalue weighted by molar-refractivity contribution is -0.132. The Labute approximate surface area is 158 Å². The molecule has 1 atom stereocenters. The van der Waals surface area contributed by atoms with Gasteiger partial charge in [-0.1, -0.05) is 37.3 Å². The Morgan fingerprint density at radius 3 is 2.74 bits per heavy atom. The van der Waals surface area contributed by atoms with Crippen LogP contribution in [-0.4, -0.2) is 56.8 Å². The van der Waals surface area contributed by atoms with E-state index in [-0.39, 0.29) is 11.8 Å². The van der Waals surface area contributed by atoms with Crippen molar-refractivity contribution < 1.29 is 4.79 Å². The molecule has 1 amide bonds. The molecular formula is C20H24N6O. The second-order valence-electron chi connectivity index (χ2n) is 6.86. The van der Waals surface area contributed by atoms with Crippen LogP contribution in [0.3, 0.4) is 0 Å². The van der Waals surface area contributed by atoms with E-state index in [1.807, 2.05) is 35.2 Å². The van der Waals surface area contributed by atoms with Crippen LogP contribution in [0.15, 0.2) is 48.8 Å². The molecule has 1 aliphatic heterocycles. The highest BCUT2D eigenvalue weighted by Crippen LogP contribution is 2.23. The third-order valence-corrected chi connectivity index (χ3v) is 5.19. The zero-order chi connectivity index (χ0) is 18.6. The normalized spacial score (nSPS) is 16.3. The molecule has 0 aliphatic carbocycles. The highest BCUT2D eigenvalue weighted by molar-refractivity contribution is 5.83. The van der Waals surface area contributed by atoms with Gasteiger partial charge in [0.05, 0.1) is 5.92 Å². The van der Waals surface area contributed by atoms with Crippen molar-refractivity contribution in [3.05, 3.63) is 54.4 Å². The van der Waals surface area contributed by atoms with E-state index in [2.05, 4.69) is 39.3 Å². The lowest BCUT2D eigenvalue weighted by Gasteiger charge is -2.26. The van der Waals surface area contributed by atoms with Gasteiger partial charge in [0.1, 0.15) is 12.1 Å². The van der Waals surface area contributed by atoms with Gasteiger partial charge in [-0.05, 0) is 30.5 Å². The summed E-state index contributed by atoms with van der Waals surface area (Å²) >= 11 is 0. The number of hydrogen-bond donors (Lipinski definition) is 0. The van der Waals surface area contributed by atoms with Crippen LogP contribution in [-0.2, 0) is 4.79 Å². The van der Waals surface area contributed by atoms with Gasteiger partial charge < -0.3 is 9.80 Å². The Morgan fingerprint density at radius 1 is 1.07 bits per heavy atom. The summed E-state index contributed by atoms with van der Waals surface area (Å²) in [5.74, 6) is 1.06. The van der Waals surface area contributed by atoms with Crippen molar-refractivity contribution in [3.8, 4) is 0 Å². The summed E-state index contributed by atoms with van der Waals surface area (Å²) in [5.41, 5.74) is 1.84. The first-order valence-electron chi connectivity index (χ1n) is 9.52. The van der Waals surface area contributed by atoms with E-state index in [1.165, 1.54) is 0 Å². The summed E-state index contributed by atoms with van der Waals surface area (Å²) in [6, 6.07) is 14.0. The fraction of sp³-hybridized carbons (Fsp3) is 0.400. The van der Waals surface area contributed by atoms with Gasteiger partial charge in [-0.2, -0.15) is 4.52 Å². The van der Waals surface area contributed by atoms with Crippen molar-refractivity contribution in [2.45, 2.75) is 25.7 Å². The zero-order valence-corrected chi connectivity index (χ0v) is 15.5. The largest absolute Gasteiger partial charge is 0.353 e. The number of aromatic nitrogens is 4. The second-order valence-corrected chi connectivity index (χ2v) is 6.86. The minimum Gasteiger partial charge on any atom is -0.353 e. The molecule has 3 aromatic rings. The van der Waals surface area contributed by atoms with Gasteiger partial charge in [0.2, 0.25) is 5.91 Å². The van der Waals surface area contributed by atoms with Crippen LogP contribution in [0.25, 0.3) is 5.65 Å². The molecule has 7 heteroatoms. The second kappa shape index (κ2) is 7.73. The number of carbonyl (C=O) groups is 1. The summed E-state index contributed by atoms with van der Waals surface area (Å²) < 4.78 is 1.69. The first-order chi connectivity index (χ1) is 13.3. The Kier molecular flexibility index (Phi) is 5.00. The van der Waals surface area contributed by atoms with Gasteiger partial charge in [-0.3, -0.25) is 4.79 Å². The Balaban J connectivity index is 1.46. The SMILES string of the molecule is CCC(C(=O)N1CCCN(c2ccc3nncn3n2)CC1)c1ccccc1. The van der Waals surface area contributed by atoms with Crippen molar-refractivity contribution in [2.75, 3.05) is 31.1 Å². The Bertz CT molecular complexity index is 909. The molecule has 1 saturated heterocycles. The van der Waals surface area contributed by atoms with Crippen molar-refractivity contribution in [1.82, 2.24) is 24.7 Å². The number of carbonyl (C=O) groups excluding carboxylic acids is 1. The molecule has 0 N–H and O–H groups in total. The van der Waals surface area contributed by atoms with Gasteiger partial charge >= 0.3 is 0 Å². The minimum absolute atomic E-state index is 0.0655. The molecule has 2 aromatic heterocycles. The maximum Gasteiger partial charge on any atom is 0.230 e. The number of nitrogens with zero attached hydrogens (tertiary/aromatic N) is 6. The quantitative estimate of drug-likeness (QED) is 0.711. The maximum atomic E-state index is 13.1. The predicted molar refractivity (Wildman–Crippen MR) is 104 cm³/mol. The topological polar surface area (TPSA) is 66.6 Å². The monoisotopic (exact) mass is 364 g/mol. The number of benzene rings is 1. The van der Waals surface area contributed by atoms with E-state index in [1.54, 1.807) is 10.8 Å². The van der Waals surface area contributed by atoms with Gasteiger partial charge in [0, 0.05) is 26.2 Å². The van der Waals surface area contributed by atoms with Crippen molar-refractivity contribution >= 4 is 17.4 Å². The first kappa shape index (κ1) is 17.5. The molecule has 0 bridgehead atoms. The lowest BCUT2D eigenvalue weighted by atomic mass is 9.95. The molecule has 0 radical (unpaired) electrons. The molecule has 140 valence electrons. The fourth-order valence-electron chi connectivity index (χ4n) is 3.71. The molecule has 1 aromatic carbocycles. The summed E-state index contributed by atoms with van der Waals surface area (Å²) in [7, 11) is 0. The average Bonchev–Trinajstić information content (AvgIpc) is 3.04. The number of amides is 1. The summed E-state index contributed by atoms with van der Waals surface area (Å²) in [6.07, 6.45) is 3.35. The summed E-state index contributed by atoms with van der Waals surface area (Å²) in [5, 5.41) is 12.5. The fourth-order valence-corrected chi connectivity index (χ4v) is 3.71. The molecule has 7 nitrogen and oxygen atoms in total. The van der Waals surface area contributed by atoms with Gasteiger partial charge in [0.25, 0.3) is 0 Å². The Hall–Kier alpha value is -2.96. The molecule has 1 fully saturated rings. The van der Waals surface area contributed by atoms with Crippen molar-refractivity contribution in [1.29, 1.82) is 0 Å². The van der Waals surface area contributed by atoms with Gasteiger partial charge in [-0.15, -0.1) is 15.3 Å². The van der Waals surface area contributed by atoms with Crippen molar-refractivity contribution in [3.63, 3.8) is 0 Å². The van der Waals surface area contributed by atoms with Crippen LogP contribution >= 0.6 is 0 Å². The smallest absolute Gasteiger partial charge is 0.230 e. The van der Waals surface area contributed by atoms with Gasteiger partial charge in [0.15, 0.2) is 5.65 Å². The predicted octanol–water partition coefficient (Wildman–Crippen LogP) is 2.36. The van der Waals surface area contributed by atoms with E-state index >= 15 is 0 Å². The first-order valence-corrected chi connectivity index (χ1v) is 9.52. The molecule has 0 spiro atoms. The molecule has 4 rings (SSSR count). The molecule has 1 aliphatic rings. The molecular weight excluding hydrogens is 340 g/mol. The third kappa shape index (κ3) is 3.63. The van der Waals surface area contributed by atoms with Crippen LogP contribution in [0, 0.1) is 0 Å². The van der Waals surface area contributed by atoms with Crippen LogP contribution in [0.5, 0.6) is 0 Å². The van der Waals surface area contributed by atoms with Crippen LogP contribution in [0.4, 0.5) is 5.82 Å². The van der Waals surface area contributed by atoms with E-state index < -0.39 is 0 Å². The number of anilines is 1. The summed E-state index contributed by atoms with van der Waals surface area (Å²) in [4.78, 5) is 17.4. The zero-order valence-electron chi connectivity index (χ0n) is 15.5. The van der Waals surface area contributed by atoms with E-state index in [0.717, 1.165) is 49.5 Å². The number of fused-ring (bicyclic) bond motifs is 1. The van der Waals surface area contributed by atoms with E-state index in [0.29, 0.717) is 6.54 Å². The van der Waals surface area contributed by atoms with Crippen LogP contribution in [0.1, 0.15) is 31.2 Å². The summed E-state index contributed by atoms with van der Waals surface area (Å²) in [6.45, 7) is 5.24. The highest BCUT2D eigenvalue weighted by atomic mass is 16.2. The van der Waals surface area contributed by atoms with Crippen molar-refractivity contribution in [2.24, 2.45) is 0 Å². The van der Waals surface area contributed by atoms with Crippen LogP contribution < -0.4 is 4.90 Å². The third-order valence-electron chi connectivity index (χ3n) is 5.19. The molecule has 3 heterocycles. The average molecular weight is 364 g/mol. The minimum atomic E-state index is -0.0655. The van der Waals surface area contributed by atoms with E-state index in [4.69, 9.17) is 0 Å². The number of rotatable bonds is 4.